The first-order chi connectivity index (χ1) is 8.79. The molecule has 0 N–H and O–H groups in total. The quantitative estimate of drug-likeness (QED) is 0.472. The average molecular weight is 247 g/mol. The van der Waals surface area contributed by atoms with Gasteiger partial charge in [0.25, 0.3) is 0 Å². The van der Waals surface area contributed by atoms with Crippen molar-refractivity contribution in [2.45, 2.75) is 65.2 Å². The largest absolute Gasteiger partial charge is 0.294 e. The summed E-state index contributed by atoms with van der Waals surface area (Å²) < 4.78 is 0. The molecule has 2 nitrogen and oxygen atoms in total. The molecule has 0 atom stereocenters. The second kappa shape index (κ2) is 8.84. The van der Waals surface area contributed by atoms with Gasteiger partial charge in [-0.05, 0) is 24.5 Å². The molecule has 0 aliphatic heterocycles. The Morgan fingerprint density at radius 3 is 2.56 bits per heavy atom. The molecule has 1 aromatic heterocycles. The smallest absolute Gasteiger partial charge is 0.163 e. The third-order valence-electron chi connectivity index (χ3n) is 3.34. The van der Waals surface area contributed by atoms with E-state index in [1.54, 1.807) is 6.20 Å². The number of ketones is 1. The van der Waals surface area contributed by atoms with Gasteiger partial charge in [0, 0.05) is 24.4 Å². The van der Waals surface area contributed by atoms with Gasteiger partial charge in [0.1, 0.15) is 0 Å². The van der Waals surface area contributed by atoms with Crippen molar-refractivity contribution in [3.8, 4) is 0 Å². The van der Waals surface area contributed by atoms with Gasteiger partial charge in [-0.15, -0.1) is 0 Å². The van der Waals surface area contributed by atoms with Crippen molar-refractivity contribution in [2.75, 3.05) is 0 Å². The molecular weight excluding hydrogens is 222 g/mol. The van der Waals surface area contributed by atoms with Gasteiger partial charge in [0.15, 0.2) is 5.78 Å². The summed E-state index contributed by atoms with van der Waals surface area (Å²) in [6, 6.07) is 1.86. The van der Waals surface area contributed by atoms with Crippen molar-refractivity contribution in [3.63, 3.8) is 0 Å². The molecule has 1 heterocycles. The Morgan fingerprint density at radius 1 is 1.11 bits per heavy atom. The van der Waals surface area contributed by atoms with Crippen molar-refractivity contribution in [1.29, 1.82) is 0 Å². The van der Waals surface area contributed by atoms with Crippen LogP contribution in [0.5, 0.6) is 0 Å². The number of carbonyl (C=O) groups excluding carboxylic acids is 1. The Morgan fingerprint density at radius 2 is 1.83 bits per heavy atom. The lowest BCUT2D eigenvalue weighted by Crippen LogP contribution is -2.03. The molecule has 0 spiro atoms. The van der Waals surface area contributed by atoms with Gasteiger partial charge in [0.2, 0.25) is 0 Å². The summed E-state index contributed by atoms with van der Waals surface area (Å²) in [6.45, 7) is 4.29. The topological polar surface area (TPSA) is 30.0 Å². The van der Waals surface area contributed by atoms with E-state index >= 15 is 0 Å². The van der Waals surface area contributed by atoms with Gasteiger partial charge in [0.05, 0.1) is 0 Å². The zero-order valence-electron chi connectivity index (χ0n) is 11.7. The van der Waals surface area contributed by atoms with Gasteiger partial charge in [-0.2, -0.15) is 0 Å². The molecular formula is C16H25NO. The summed E-state index contributed by atoms with van der Waals surface area (Å²) in [5.41, 5.74) is 1.95. The Hall–Kier alpha value is -1.18. The highest BCUT2D eigenvalue weighted by molar-refractivity contribution is 5.97. The number of unbranched alkanes of at least 4 members (excludes halogenated alkanes) is 5. The first kappa shape index (κ1) is 14.9. The Kier molecular flexibility index (Phi) is 7.31. The van der Waals surface area contributed by atoms with E-state index in [1.165, 1.54) is 32.1 Å². The highest BCUT2D eigenvalue weighted by atomic mass is 16.1. The predicted octanol–water partition coefficient (Wildman–Crippen LogP) is 4.58. The summed E-state index contributed by atoms with van der Waals surface area (Å²) in [7, 11) is 0. The monoisotopic (exact) mass is 247 g/mol. The number of aryl methyl sites for hydroxylation is 1. The summed E-state index contributed by atoms with van der Waals surface area (Å²) in [4.78, 5) is 16.2. The van der Waals surface area contributed by atoms with Crippen LogP contribution in [0.1, 0.15) is 74.7 Å². The number of hydrogen-bond donors (Lipinski definition) is 0. The third kappa shape index (κ3) is 4.99. The Balaban J connectivity index is 2.32. The molecule has 0 unspecified atom stereocenters. The molecule has 0 aromatic carbocycles. The molecule has 0 aliphatic carbocycles. The predicted molar refractivity (Wildman–Crippen MR) is 75.9 cm³/mol. The van der Waals surface area contributed by atoms with E-state index in [2.05, 4.69) is 18.8 Å². The minimum Gasteiger partial charge on any atom is -0.294 e. The lowest BCUT2D eigenvalue weighted by atomic mass is 9.99. The average Bonchev–Trinajstić information content (AvgIpc) is 2.42. The maximum atomic E-state index is 12.1. The normalized spacial score (nSPS) is 10.6. The van der Waals surface area contributed by atoms with Crippen LogP contribution in [0.2, 0.25) is 0 Å². The molecule has 100 valence electrons. The number of aromatic nitrogens is 1. The standard InChI is InChI=1S/C16H25NO/c1-3-5-6-7-8-9-10-16(18)15-11-12-17-13-14(15)4-2/h11-13H,3-10H2,1-2H3. The number of Topliss-reactive ketones (excluding diaryl/α,β-unsaturated/α-hetero) is 1. The summed E-state index contributed by atoms with van der Waals surface area (Å²) in [6.07, 6.45) is 12.5. The fraction of sp³-hybridized carbons (Fsp3) is 0.625. The van der Waals surface area contributed by atoms with E-state index in [0.29, 0.717) is 6.42 Å². The van der Waals surface area contributed by atoms with Gasteiger partial charge in [-0.3, -0.25) is 9.78 Å². The summed E-state index contributed by atoms with van der Waals surface area (Å²) in [5, 5.41) is 0. The molecule has 1 aromatic rings. The summed E-state index contributed by atoms with van der Waals surface area (Å²) >= 11 is 0. The molecule has 0 amide bonds. The van der Waals surface area contributed by atoms with Crippen LogP contribution in [-0.4, -0.2) is 10.8 Å². The highest BCUT2D eigenvalue weighted by Crippen LogP contribution is 2.14. The van der Waals surface area contributed by atoms with E-state index in [-0.39, 0.29) is 5.78 Å². The molecule has 18 heavy (non-hydrogen) atoms. The van der Waals surface area contributed by atoms with Crippen LogP contribution in [0.25, 0.3) is 0 Å². The SMILES string of the molecule is CCCCCCCCC(=O)c1ccncc1CC. The van der Waals surface area contributed by atoms with E-state index in [4.69, 9.17) is 0 Å². The fourth-order valence-electron chi connectivity index (χ4n) is 2.18. The Labute approximate surface area is 111 Å². The lowest BCUT2D eigenvalue weighted by Gasteiger charge is -2.06. The number of rotatable bonds is 9. The first-order valence-electron chi connectivity index (χ1n) is 7.25. The van der Waals surface area contributed by atoms with E-state index in [0.717, 1.165) is 24.0 Å². The van der Waals surface area contributed by atoms with Gasteiger partial charge in [-0.25, -0.2) is 0 Å². The maximum absolute atomic E-state index is 12.1. The number of hydrogen-bond acceptors (Lipinski definition) is 2. The molecule has 0 saturated heterocycles. The van der Waals surface area contributed by atoms with Gasteiger partial charge < -0.3 is 0 Å². The van der Waals surface area contributed by atoms with Crippen LogP contribution in [-0.2, 0) is 6.42 Å². The van der Waals surface area contributed by atoms with Crippen LogP contribution in [0, 0.1) is 0 Å². The van der Waals surface area contributed by atoms with Gasteiger partial charge in [-0.1, -0.05) is 46.0 Å². The molecule has 0 aliphatic rings. The first-order valence-corrected chi connectivity index (χ1v) is 7.25. The van der Waals surface area contributed by atoms with Crippen molar-refractivity contribution in [3.05, 3.63) is 29.6 Å². The molecule has 0 fully saturated rings. The minimum atomic E-state index is 0.282. The molecule has 0 saturated carbocycles. The maximum Gasteiger partial charge on any atom is 0.163 e. The van der Waals surface area contributed by atoms with Crippen LogP contribution in [0.4, 0.5) is 0 Å². The molecule has 0 bridgehead atoms. The molecule has 1 rings (SSSR count). The van der Waals surface area contributed by atoms with E-state index in [9.17, 15) is 4.79 Å². The summed E-state index contributed by atoms with van der Waals surface area (Å²) in [5.74, 6) is 0.282. The number of carbonyl (C=O) groups is 1. The van der Waals surface area contributed by atoms with Crippen LogP contribution >= 0.6 is 0 Å². The minimum absolute atomic E-state index is 0.282. The second-order valence-electron chi connectivity index (χ2n) is 4.83. The second-order valence-corrected chi connectivity index (χ2v) is 4.83. The van der Waals surface area contributed by atoms with Crippen LogP contribution in [0.15, 0.2) is 18.5 Å². The zero-order chi connectivity index (χ0) is 13.2. The number of pyridine rings is 1. The van der Waals surface area contributed by atoms with Crippen molar-refractivity contribution in [1.82, 2.24) is 4.98 Å². The van der Waals surface area contributed by atoms with Crippen molar-refractivity contribution >= 4 is 5.78 Å². The third-order valence-corrected chi connectivity index (χ3v) is 3.34. The van der Waals surface area contributed by atoms with Crippen LogP contribution in [0.3, 0.4) is 0 Å². The molecule has 2 heteroatoms. The number of nitrogens with zero attached hydrogens (tertiary/aromatic N) is 1. The zero-order valence-corrected chi connectivity index (χ0v) is 11.7. The highest BCUT2D eigenvalue weighted by Gasteiger charge is 2.09. The Bertz CT molecular complexity index is 360. The van der Waals surface area contributed by atoms with Crippen LogP contribution < -0.4 is 0 Å². The lowest BCUT2D eigenvalue weighted by molar-refractivity contribution is 0.0978. The van der Waals surface area contributed by atoms with Crippen molar-refractivity contribution < 1.29 is 4.79 Å². The van der Waals surface area contributed by atoms with Gasteiger partial charge >= 0.3 is 0 Å². The van der Waals surface area contributed by atoms with Crippen molar-refractivity contribution in [2.24, 2.45) is 0 Å². The fourth-order valence-corrected chi connectivity index (χ4v) is 2.18. The molecule has 0 radical (unpaired) electrons. The van der Waals surface area contributed by atoms with E-state index < -0.39 is 0 Å². The van der Waals surface area contributed by atoms with E-state index in [1.807, 2.05) is 12.3 Å².